The number of aromatic amines is 1. The van der Waals surface area contributed by atoms with E-state index in [9.17, 15) is 9.59 Å². The Morgan fingerprint density at radius 3 is 2.32 bits per heavy atom. The molecule has 2 aromatic heterocycles. The number of hydrogen-bond donors (Lipinski definition) is 2. The summed E-state index contributed by atoms with van der Waals surface area (Å²) in [5.41, 5.74) is 8.17. The van der Waals surface area contributed by atoms with Crippen molar-refractivity contribution in [3.05, 3.63) is 133 Å². The standard InChI is InChI=1S/C37H33N5O2/c43-36(20-26-8-3-1-4-9-26)42-19-7-12-35(42)37(44)39-32-16-13-28(14-17-32)34-22-30-21-29(15-18-33(30)40-34)31-23-38-41(25-31)24-27-10-5-2-6-11-27/h1-6,8-11,13-18,21-23,25,35,40H,7,12,19-20,24H2,(H,39,44)/t35-/m0/s1. The first-order valence-electron chi connectivity index (χ1n) is 15.0. The van der Waals surface area contributed by atoms with E-state index in [0.717, 1.165) is 51.8 Å². The van der Waals surface area contributed by atoms with Crippen LogP contribution in [0, 0.1) is 0 Å². The molecule has 7 heteroatoms. The number of likely N-dealkylation sites (tertiary alicyclic amines) is 1. The van der Waals surface area contributed by atoms with Crippen molar-refractivity contribution in [3.63, 3.8) is 0 Å². The molecule has 1 aliphatic heterocycles. The van der Waals surface area contributed by atoms with Gasteiger partial charge in [-0.1, -0.05) is 78.9 Å². The highest BCUT2D eigenvalue weighted by atomic mass is 16.2. The van der Waals surface area contributed by atoms with Crippen molar-refractivity contribution < 1.29 is 9.59 Å². The number of nitrogens with one attached hydrogen (secondary N) is 2. The highest BCUT2D eigenvalue weighted by Gasteiger charge is 2.33. The first kappa shape index (κ1) is 27.4. The van der Waals surface area contributed by atoms with E-state index in [1.807, 2.05) is 83.7 Å². The minimum Gasteiger partial charge on any atom is -0.355 e. The number of aromatic nitrogens is 3. The first-order valence-corrected chi connectivity index (χ1v) is 15.0. The number of H-pyrrole nitrogens is 1. The average Bonchev–Trinajstić information content (AvgIpc) is 3.82. The molecule has 6 aromatic rings. The van der Waals surface area contributed by atoms with Crippen molar-refractivity contribution in [2.45, 2.75) is 31.8 Å². The Kier molecular flexibility index (Phi) is 7.51. The van der Waals surface area contributed by atoms with Gasteiger partial charge >= 0.3 is 0 Å². The molecule has 4 aromatic carbocycles. The molecule has 0 aliphatic carbocycles. The van der Waals surface area contributed by atoms with Crippen LogP contribution in [0.3, 0.4) is 0 Å². The van der Waals surface area contributed by atoms with Crippen LogP contribution in [-0.4, -0.2) is 44.1 Å². The number of nitrogens with zero attached hydrogens (tertiary/aromatic N) is 3. The minimum absolute atomic E-state index is 0.00724. The smallest absolute Gasteiger partial charge is 0.247 e. The molecule has 0 saturated carbocycles. The van der Waals surface area contributed by atoms with E-state index in [0.29, 0.717) is 25.1 Å². The average molecular weight is 580 g/mol. The van der Waals surface area contributed by atoms with Gasteiger partial charge in [-0.15, -0.1) is 0 Å². The summed E-state index contributed by atoms with van der Waals surface area (Å²) < 4.78 is 1.96. The molecule has 0 radical (unpaired) electrons. The fourth-order valence-electron chi connectivity index (χ4n) is 6.01. The lowest BCUT2D eigenvalue weighted by Gasteiger charge is -2.24. The molecule has 2 N–H and O–H groups in total. The number of benzene rings is 4. The van der Waals surface area contributed by atoms with Crippen molar-refractivity contribution in [3.8, 4) is 22.4 Å². The van der Waals surface area contributed by atoms with Gasteiger partial charge in [-0.3, -0.25) is 14.3 Å². The molecule has 1 aliphatic rings. The zero-order valence-corrected chi connectivity index (χ0v) is 24.3. The van der Waals surface area contributed by atoms with Crippen LogP contribution in [0.5, 0.6) is 0 Å². The normalized spacial score (nSPS) is 14.6. The van der Waals surface area contributed by atoms with E-state index < -0.39 is 6.04 Å². The highest BCUT2D eigenvalue weighted by molar-refractivity contribution is 5.98. The Balaban J connectivity index is 1.01. The molecule has 1 saturated heterocycles. The second-order valence-electron chi connectivity index (χ2n) is 11.4. The number of rotatable bonds is 8. The third-order valence-electron chi connectivity index (χ3n) is 8.31. The van der Waals surface area contributed by atoms with E-state index >= 15 is 0 Å². The van der Waals surface area contributed by atoms with Gasteiger partial charge in [-0.25, -0.2) is 0 Å². The predicted octanol–water partition coefficient (Wildman–Crippen LogP) is 6.92. The summed E-state index contributed by atoms with van der Waals surface area (Å²) in [6.07, 6.45) is 5.81. The number of anilines is 1. The van der Waals surface area contributed by atoms with Gasteiger partial charge < -0.3 is 15.2 Å². The number of hydrogen-bond acceptors (Lipinski definition) is 3. The van der Waals surface area contributed by atoms with Gasteiger partial charge in [0.2, 0.25) is 11.8 Å². The number of fused-ring (bicyclic) bond motifs is 1. The molecule has 7 nitrogen and oxygen atoms in total. The van der Waals surface area contributed by atoms with Crippen molar-refractivity contribution >= 4 is 28.4 Å². The van der Waals surface area contributed by atoms with Crippen LogP contribution in [0.15, 0.2) is 122 Å². The Bertz CT molecular complexity index is 1910. The molecule has 7 rings (SSSR count). The second kappa shape index (κ2) is 12.1. The number of carbonyl (C=O) groups is 2. The van der Waals surface area contributed by atoms with Gasteiger partial charge in [0.25, 0.3) is 0 Å². The Morgan fingerprint density at radius 1 is 0.818 bits per heavy atom. The molecule has 2 amide bonds. The zero-order valence-electron chi connectivity index (χ0n) is 24.3. The Labute approximate surface area is 256 Å². The van der Waals surface area contributed by atoms with E-state index in [-0.39, 0.29) is 11.8 Å². The first-order chi connectivity index (χ1) is 21.6. The van der Waals surface area contributed by atoms with Gasteiger partial charge in [-0.05, 0) is 65.4 Å². The lowest BCUT2D eigenvalue weighted by Crippen LogP contribution is -2.43. The third kappa shape index (κ3) is 5.90. The summed E-state index contributed by atoms with van der Waals surface area (Å²) in [6.45, 7) is 1.35. The van der Waals surface area contributed by atoms with Gasteiger partial charge in [0.15, 0.2) is 0 Å². The van der Waals surface area contributed by atoms with E-state index in [1.54, 1.807) is 4.90 Å². The lowest BCUT2D eigenvalue weighted by molar-refractivity contribution is -0.136. The molecule has 218 valence electrons. The summed E-state index contributed by atoms with van der Waals surface area (Å²) in [5, 5.41) is 8.71. The summed E-state index contributed by atoms with van der Waals surface area (Å²) in [7, 11) is 0. The van der Waals surface area contributed by atoms with E-state index in [4.69, 9.17) is 0 Å². The lowest BCUT2D eigenvalue weighted by atomic mass is 10.1. The zero-order chi connectivity index (χ0) is 29.9. The molecule has 1 fully saturated rings. The maximum atomic E-state index is 13.2. The van der Waals surface area contributed by atoms with Crippen LogP contribution in [0.2, 0.25) is 0 Å². The van der Waals surface area contributed by atoms with Crippen LogP contribution in [-0.2, 0) is 22.6 Å². The fraction of sp³-hybridized carbons (Fsp3) is 0.162. The molecule has 0 bridgehead atoms. The van der Waals surface area contributed by atoms with Crippen molar-refractivity contribution in [1.29, 1.82) is 0 Å². The van der Waals surface area contributed by atoms with Gasteiger partial charge in [-0.2, -0.15) is 5.10 Å². The molecule has 44 heavy (non-hydrogen) atoms. The van der Waals surface area contributed by atoms with Crippen LogP contribution in [0.25, 0.3) is 33.3 Å². The maximum absolute atomic E-state index is 13.2. The van der Waals surface area contributed by atoms with Gasteiger partial charge in [0.05, 0.1) is 19.2 Å². The summed E-state index contributed by atoms with van der Waals surface area (Å²) in [4.78, 5) is 31.4. The SMILES string of the molecule is O=C(Nc1ccc(-c2cc3cc(-c4cnn(Cc5ccccc5)c4)ccc3[nH]2)cc1)[C@@H]1CCCN1C(=O)Cc1ccccc1. The van der Waals surface area contributed by atoms with Crippen LogP contribution in [0.1, 0.15) is 24.0 Å². The largest absolute Gasteiger partial charge is 0.355 e. The summed E-state index contributed by atoms with van der Waals surface area (Å²) in [5.74, 6) is -0.144. The summed E-state index contributed by atoms with van der Waals surface area (Å²) in [6, 6.07) is 35.9. The number of amides is 2. The maximum Gasteiger partial charge on any atom is 0.247 e. The van der Waals surface area contributed by atoms with Crippen LogP contribution in [0.4, 0.5) is 5.69 Å². The molecule has 0 unspecified atom stereocenters. The monoisotopic (exact) mass is 579 g/mol. The molecular weight excluding hydrogens is 546 g/mol. The quantitative estimate of drug-likeness (QED) is 0.205. The molecule has 3 heterocycles. The van der Waals surface area contributed by atoms with Crippen LogP contribution < -0.4 is 5.32 Å². The third-order valence-corrected chi connectivity index (χ3v) is 8.31. The molecular formula is C37H33N5O2. The highest BCUT2D eigenvalue weighted by Crippen LogP contribution is 2.29. The van der Waals surface area contributed by atoms with E-state index in [1.165, 1.54) is 5.56 Å². The van der Waals surface area contributed by atoms with Gasteiger partial charge in [0.1, 0.15) is 6.04 Å². The number of carbonyl (C=O) groups excluding carboxylic acids is 2. The van der Waals surface area contributed by atoms with Crippen molar-refractivity contribution in [2.24, 2.45) is 0 Å². The fourth-order valence-corrected chi connectivity index (χ4v) is 6.01. The van der Waals surface area contributed by atoms with E-state index in [2.05, 4.69) is 58.0 Å². The predicted molar refractivity (Wildman–Crippen MR) is 174 cm³/mol. The van der Waals surface area contributed by atoms with Crippen molar-refractivity contribution in [1.82, 2.24) is 19.7 Å². The minimum atomic E-state index is -0.445. The van der Waals surface area contributed by atoms with Gasteiger partial charge in [0, 0.05) is 40.6 Å². The topological polar surface area (TPSA) is 83.0 Å². The molecule has 1 atom stereocenters. The Morgan fingerprint density at radius 2 is 1.55 bits per heavy atom. The summed E-state index contributed by atoms with van der Waals surface area (Å²) >= 11 is 0. The van der Waals surface area contributed by atoms with Crippen molar-refractivity contribution in [2.75, 3.05) is 11.9 Å². The Hall–Kier alpha value is -5.43. The molecule has 0 spiro atoms. The van der Waals surface area contributed by atoms with Crippen LogP contribution >= 0.6 is 0 Å². The second-order valence-corrected chi connectivity index (χ2v) is 11.4.